The maximum absolute atomic E-state index is 13.3. The van der Waals surface area contributed by atoms with Crippen LogP contribution in [0.2, 0.25) is 0 Å². The van der Waals surface area contributed by atoms with Crippen molar-refractivity contribution in [1.29, 1.82) is 0 Å². The van der Waals surface area contributed by atoms with Crippen molar-refractivity contribution in [2.75, 3.05) is 13.1 Å². The summed E-state index contributed by atoms with van der Waals surface area (Å²) in [5, 5.41) is 4.13. The van der Waals surface area contributed by atoms with Gasteiger partial charge in [-0.15, -0.1) is 0 Å². The molecule has 1 aliphatic rings. The molecule has 0 amide bonds. The summed E-state index contributed by atoms with van der Waals surface area (Å²) in [5.74, 6) is -0.513. The fourth-order valence-corrected chi connectivity index (χ4v) is 2.26. The number of ether oxygens (including phenoxy) is 1. The lowest BCUT2D eigenvalue weighted by atomic mass is 10.1. The highest BCUT2D eigenvalue weighted by Gasteiger charge is 2.24. The Morgan fingerprint density at radius 3 is 2.81 bits per heavy atom. The summed E-state index contributed by atoms with van der Waals surface area (Å²) in [4.78, 5) is 14.2. The van der Waals surface area contributed by atoms with Crippen LogP contribution in [0.15, 0.2) is 18.1 Å². The molecule has 0 fully saturated rings. The molecule has 1 aliphatic heterocycles. The van der Waals surface area contributed by atoms with Gasteiger partial charge in [0.15, 0.2) is 0 Å². The van der Waals surface area contributed by atoms with Crippen LogP contribution in [0.4, 0.5) is 4.39 Å². The molecule has 21 heavy (non-hydrogen) atoms. The molecule has 1 aromatic rings. The fourth-order valence-electron chi connectivity index (χ4n) is 2.26. The van der Waals surface area contributed by atoms with Crippen LogP contribution < -0.4 is 0 Å². The number of carbonyl (C=O) groups is 1. The van der Waals surface area contributed by atoms with Gasteiger partial charge in [-0.2, -0.15) is 5.10 Å². The number of carbonyl (C=O) groups excluding carboxylic acids is 1. The van der Waals surface area contributed by atoms with E-state index in [1.165, 1.54) is 6.20 Å². The highest BCUT2D eigenvalue weighted by atomic mass is 19.1. The Kier molecular flexibility index (Phi) is 4.46. The number of hydrogen-bond donors (Lipinski definition) is 0. The van der Waals surface area contributed by atoms with Crippen molar-refractivity contribution in [3.8, 4) is 0 Å². The van der Waals surface area contributed by atoms with Crippen molar-refractivity contribution in [1.82, 2.24) is 14.7 Å². The second kappa shape index (κ2) is 5.97. The maximum atomic E-state index is 13.3. The lowest BCUT2D eigenvalue weighted by molar-refractivity contribution is 0.00672. The van der Waals surface area contributed by atoms with Gasteiger partial charge in [0.2, 0.25) is 0 Å². The molecule has 0 unspecified atom stereocenters. The Balaban J connectivity index is 2.15. The van der Waals surface area contributed by atoms with Gasteiger partial charge in [0, 0.05) is 20.1 Å². The molecule has 0 spiro atoms. The van der Waals surface area contributed by atoms with Gasteiger partial charge in [-0.1, -0.05) is 6.08 Å². The molecule has 116 valence electrons. The molecule has 0 bridgehead atoms. The number of esters is 1. The molecule has 0 saturated carbocycles. The first-order chi connectivity index (χ1) is 9.76. The highest BCUT2D eigenvalue weighted by molar-refractivity contribution is 5.90. The van der Waals surface area contributed by atoms with Crippen molar-refractivity contribution in [3.63, 3.8) is 0 Å². The number of aryl methyl sites for hydroxylation is 1. The van der Waals surface area contributed by atoms with Crippen LogP contribution in [0, 0.1) is 0 Å². The molecule has 0 aliphatic carbocycles. The predicted octanol–water partition coefficient (Wildman–Crippen LogP) is 2.43. The Labute approximate surface area is 124 Å². The molecule has 0 saturated heterocycles. The summed E-state index contributed by atoms with van der Waals surface area (Å²) in [7, 11) is 1.78. The van der Waals surface area contributed by atoms with E-state index in [-0.39, 0.29) is 12.4 Å². The molecule has 0 aromatic carbocycles. The van der Waals surface area contributed by atoms with Crippen LogP contribution in [0.3, 0.4) is 0 Å². The van der Waals surface area contributed by atoms with Crippen molar-refractivity contribution < 1.29 is 13.9 Å². The number of nitrogens with zero attached hydrogens (tertiary/aromatic N) is 3. The van der Waals surface area contributed by atoms with E-state index in [4.69, 9.17) is 4.74 Å². The summed E-state index contributed by atoms with van der Waals surface area (Å²) >= 11 is 0. The lowest BCUT2D eigenvalue weighted by Gasteiger charge is -2.25. The van der Waals surface area contributed by atoms with Crippen molar-refractivity contribution in [3.05, 3.63) is 29.4 Å². The number of hydrogen-bond acceptors (Lipinski definition) is 4. The maximum Gasteiger partial charge on any atom is 0.342 e. The van der Waals surface area contributed by atoms with Crippen LogP contribution in [-0.4, -0.2) is 39.3 Å². The van der Waals surface area contributed by atoms with Crippen LogP contribution in [-0.2, 0) is 18.3 Å². The third-order valence-corrected chi connectivity index (χ3v) is 3.24. The molecular formula is C15H22FN3O2. The first-order valence-electron chi connectivity index (χ1n) is 7.07. The Morgan fingerprint density at radius 1 is 1.48 bits per heavy atom. The normalized spacial score (nSPS) is 16.7. The van der Waals surface area contributed by atoms with Crippen molar-refractivity contribution >= 4 is 5.97 Å². The molecular weight excluding hydrogens is 273 g/mol. The van der Waals surface area contributed by atoms with Gasteiger partial charge in [-0.05, 0) is 27.2 Å². The van der Waals surface area contributed by atoms with E-state index < -0.39 is 11.6 Å². The minimum absolute atomic E-state index is 0.123. The van der Waals surface area contributed by atoms with E-state index in [1.807, 2.05) is 25.7 Å². The number of aromatic nitrogens is 2. The summed E-state index contributed by atoms with van der Waals surface area (Å²) in [6.45, 7) is 7.00. The Morgan fingerprint density at radius 2 is 2.19 bits per heavy atom. The molecule has 1 aromatic heterocycles. The number of rotatable bonds is 3. The second-order valence-electron chi connectivity index (χ2n) is 6.28. The molecule has 2 rings (SSSR count). The van der Waals surface area contributed by atoms with Crippen molar-refractivity contribution in [2.45, 2.75) is 39.3 Å². The van der Waals surface area contributed by atoms with Gasteiger partial charge in [0.25, 0.3) is 0 Å². The summed E-state index contributed by atoms with van der Waals surface area (Å²) in [6, 6.07) is 0. The highest BCUT2D eigenvalue weighted by Crippen LogP contribution is 2.19. The van der Waals surface area contributed by atoms with Gasteiger partial charge in [0.05, 0.1) is 18.4 Å². The largest absolute Gasteiger partial charge is 0.456 e. The quantitative estimate of drug-likeness (QED) is 0.804. The van der Waals surface area contributed by atoms with E-state index in [2.05, 4.69) is 5.10 Å². The molecule has 5 nitrogen and oxygen atoms in total. The molecule has 0 N–H and O–H groups in total. The van der Waals surface area contributed by atoms with Crippen molar-refractivity contribution in [2.24, 2.45) is 7.05 Å². The minimum atomic E-state index is -0.551. The Hall–Kier alpha value is -1.69. The van der Waals surface area contributed by atoms with E-state index >= 15 is 0 Å². The monoisotopic (exact) mass is 295 g/mol. The topological polar surface area (TPSA) is 47.4 Å². The zero-order valence-corrected chi connectivity index (χ0v) is 13.0. The smallest absolute Gasteiger partial charge is 0.342 e. The predicted molar refractivity (Wildman–Crippen MR) is 77.5 cm³/mol. The van der Waals surface area contributed by atoms with Gasteiger partial charge < -0.3 is 4.74 Å². The molecule has 6 heteroatoms. The third-order valence-electron chi connectivity index (χ3n) is 3.24. The zero-order chi connectivity index (χ0) is 15.6. The van der Waals surface area contributed by atoms with Crippen LogP contribution in [0.25, 0.3) is 0 Å². The van der Waals surface area contributed by atoms with Crippen LogP contribution in [0.1, 0.15) is 43.2 Å². The lowest BCUT2D eigenvalue weighted by Crippen LogP contribution is -2.31. The molecule has 2 heterocycles. The van der Waals surface area contributed by atoms with Gasteiger partial charge in [-0.3, -0.25) is 9.58 Å². The second-order valence-corrected chi connectivity index (χ2v) is 6.28. The zero-order valence-electron chi connectivity index (χ0n) is 13.0. The van der Waals surface area contributed by atoms with E-state index in [9.17, 15) is 9.18 Å². The van der Waals surface area contributed by atoms with E-state index in [1.54, 1.807) is 17.8 Å². The van der Waals surface area contributed by atoms with Crippen LogP contribution in [0.5, 0.6) is 0 Å². The van der Waals surface area contributed by atoms with E-state index in [0.717, 1.165) is 12.2 Å². The number of halogens is 1. The van der Waals surface area contributed by atoms with Gasteiger partial charge in [0.1, 0.15) is 17.0 Å². The summed E-state index contributed by atoms with van der Waals surface area (Å²) in [5.41, 5.74) is 0.644. The van der Waals surface area contributed by atoms with E-state index in [0.29, 0.717) is 18.5 Å². The summed E-state index contributed by atoms with van der Waals surface area (Å²) < 4.78 is 20.4. The third kappa shape index (κ3) is 4.14. The fraction of sp³-hybridized carbons (Fsp3) is 0.600. The first-order valence-corrected chi connectivity index (χ1v) is 7.07. The standard InChI is InChI=1S/C15H22FN3O2/c1-15(2,3)21-14(20)12-8-17-18(4)13(12)10-19-7-5-6-11(16)9-19/h6,8H,5,7,9-10H2,1-4H3. The summed E-state index contributed by atoms with van der Waals surface area (Å²) in [6.07, 6.45) is 3.81. The average Bonchev–Trinajstić information content (AvgIpc) is 2.69. The Bertz CT molecular complexity index is 558. The van der Waals surface area contributed by atoms with Gasteiger partial charge in [-0.25, -0.2) is 9.18 Å². The first kappa shape index (κ1) is 15.7. The van der Waals surface area contributed by atoms with Crippen LogP contribution >= 0.6 is 0 Å². The average molecular weight is 295 g/mol. The SMILES string of the molecule is Cn1ncc(C(=O)OC(C)(C)C)c1CN1CCC=C(F)C1. The van der Waals surface area contributed by atoms with Gasteiger partial charge >= 0.3 is 5.97 Å². The molecule has 0 atom stereocenters. The minimum Gasteiger partial charge on any atom is -0.456 e. The molecule has 0 radical (unpaired) electrons.